The molecule has 13 heavy (non-hydrogen) atoms. The number of likely N-dealkylation sites (N-methyl/N-ethyl adjacent to an activating group) is 1. The van der Waals surface area contributed by atoms with Gasteiger partial charge in [-0.05, 0) is 13.0 Å². The highest BCUT2D eigenvalue weighted by molar-refractivity contribution is 7.89. The second kappa shape index (κ2) is 5.90. The molecule has 0 aliphatic heterocycles. The van der Waals surface area contributed by atoms with Crippen LogP contribution < -0.4 is 15.8 Å². The van der Waals surface area contributed by atoms with E-state index < -0.39 is 10.0 Å². The summed E-state index contributed by atoms with van der Waals surface area (Å²) >= 11 is 0. The van der Waals surface area contributed by atoms with Gasteiger partial charge in [0.15, 0.2) is 0 Å². The van der Waals surface area contributed by atoms with E-state index in [4.69, 9.17) is 5.73 Å². The van der Waals surface area contributed by atoms with Crippen molar-refractivity contribution in [2.45, 2.75) is 6.42 Å². The third kappa shape index (κ3) is 6.50. The quantitative estimate of drug-likeness (QED) is 0.471. The first-order chi connectivity index (χ1) is 6.02. The van der Waals surface area contributed by atoms with E-state index in [0.717, 1.165) is 0 Å². The molecule has 0 fully saturated rings. The van der Waals surface area contributed by atoms with Crippen LogP contribution in [0.2, 0.25) is 0 Å². The molecule has 0 heterocycles. The van der Waals surface area contributed by atoms with Gasteiger partial charge >= 0.3 is 0 Å². The van der Waals surface area contributed by atoms with Crippen molar-refractivity contribution in [1.29, 1.82) is 0 Å². The molecule has 7 heteroatoms. The van der Waals surface area contributed by atoms with E-state index in [-0.39, 0.29) is 18.2 Å². The summed E-state index contributed by atoms with van der Waals surface area (Å²) in [5.74, 6) is -0.406. The first kappa shape index (κ1) is 12.3. The van der Waals surface area contributed by atoms with E-state index >= 15 is 0 Å². The predicted octanol–water partition coefficient (Wildman–Crippen LogP) is -2.00. The van der Waals surface area contributed by atoms with Gasteiger partial charge in [-0.2, -0.15) is 0 Å². The number of rotatable bonds is 6. The Hall–Kier alpha value is -0.660. The summed E-state index contributed by atoms with van der Waals surface area (Å²) in [6.07, 6.45) is 0.392. The zero-order chi connectivity index (χ0) is 10.3. The number of carbonyl (C=O) groups is 1. The second-order valence-electron chi connectivity index (χ2n) is 2.46. The molecule has 0 aliphatic rings. The Kier molecular flexibility index (Phi) is 5.60. The van der Waals surface area contributed by atoms with Crippen molar-refractivity contribution < 1.29 is 13.2 Å². The molecule has 0 aromatic heterocycles. The smallest absolute Gasteiger partial charge is 0.234 e. The van der Waals surface area contributed by atoms with Gasteiger partial charge in [0.05, 0.1) is 12.3 Å². The Balaban J connectivity index is 3.83. The van der Waals surface area contributed by atoms with Crippen molar-refractivity contribution in [2.75, 3.05) is 25.9 Å². The summed E-state index contributed by atoms with van der Waals surface area (Å²) in [7, 11) is -1.90. The van der Waals surface area contributed by atoms with E-state index in [1.54, 1.807) is 0 Å². The van der Waals surface area contributed by atoms with Crippen molar-refractivity contribution in [3.63, 3.8) is 0 Å². The fourth-order valence-corrected chi connectivity index (χ4v) is 1.65. The molecule has 6 nitrogen and oxygen atoms in total. The molecule has 4 N–H and O–H groups in total. The Morgan fingerprint density at radius 2 is 2.08 bits per heavy atom. The number of sulfonamides is 1. The molecule has 0 saturated carbocycles. The van der Waals surface area contributed by atoms with Gasteiger partial charge in [0.2, 0.25) is 15.9 Å². The molecule has 1 amide bonds. The molecular weight excluding hydrogens is 194 g/mol. The van der Waals surface area contributed by atoms with E-state index in [1.807, 2.05) is 0 Å². The summed E-state index contributed by atoms with van der Waals surface area (Å²) in [6, 6.07) is 0. The molecule has 0 atom stereocenters. The van der Waals surface area contributed by atoms with Crippen LogP contribution in [0.25, 0.3) is 0 Å². The van der Waals surface area contributed by atoms with E-state index in [2.05, 4.69) is 10.0 Å². The van der Waals surface area contributed by atoms with Gasteiger partial charge in [-0.1, -0.05) is 0 Å². The molecule has 0 spiro atoms. The largest absolute Gasteiger partial charge is 0.358 e. The summed E-state index contributed by atoms with van der Waals surface area (Å²) in [6.45, 7) is 0.101. The van der Waals surface area contributed by atoms with Gasteiger partial charge in [0.1, 0.15) is 0 Å². The minimum absolute atomic E-state index is 0.0412. The number of carbonyl (C=O) groups excluding carboxylic acids is 1. The summed E-state index contributed by atoms with van der Waals surface area (Å²) < 4.78 is 24.3. The van der Waals surface area contributed by atoms with Gasteiger partial charge in [-0.15, -0.1) is 0 Å². The van der Waals surface area contributed by atoms with Crippen molar-refractivity contribution in [1.82, 2.24) is 10.0 Å². The summed E-state index contributed by atoms with van der Waals surface area (Å²) in [5, 5.41) is 2.30. The lowest BCUT2D eigenvalue weighted by Gasteiger charge is -2.04. The zero-order valence-electron chi connectivity index (χ0n) is 7.54. The predicted molar refractivity (Wildman–Crippen MR) is 49.5 cm³/mol. The zero-order valence-corrected chi connectivity index (χ0v) is 8.36. The van der Waals surface area contributed by atoms with Crippen molar-refractivity contribution in [3.05, 3.63) is 0 Å². The molecule has 0 aliphatic carbocycles. The first-order valence-electron chi connectivity index (χ1n) is 3.90. The SMILES string of the molecule is CNC(=O)CNS(=O)(=O)CCCN. The van der Waals surface area contributed by atoms with Gasteiger partial charge in [-0.25, -0.2) is 13.1 Å². The lowest BCUT2D eigenvalue weighted by atomic mass is 10.5. The lowest BCUT2D eigenvalue weighted by Crippen LogP contribution is -2.36. The van der Waals surface area contributed by atoms with Gasteiger partial charge in [-0.3, -0.25) is 4.79 Å². The molecule has 78 valence electrons. The van der Waals surface area contributed by atoms with Crippen LogP contribution in [0.4, 0.5) is 0 Å². The van der Waals surface area contributed by atoms with Crippen LogP contribution in [0.3, 0.4) is 0 Å². The van der Waals surface area contributed by atoms with E-state index in [1.165, 1.54) is 7.05 Å². The normalized spacial score (nSPS) is 11.2. The number of nitrogens with one attached hydrogen (secondary N) is 2. The third-order valence-electron chi connectivity index (χ3n) is 1.35. The van der Waals surface area contributed by atoms with Gasteiger partial charge in [0, 0.05) is 7.05 Å². The van der Waals surface area contributed by atoms with E-state index in [9.17, 15) is 13.2 Å². The lowest BCUT2D eigenvalue weighted by molar-refractivity contribution is -0.119. The molecule has 0 aromatic rings. The average Bonchev–Trinajstić information content (AvgIpc) is 2.11. The Morgan fingerprint density at radius 1 is 1.46 bits per heavy atom. The van der Waals surface area contributed by atoms with Crippen LogP contribution in [-0.4, -0.2) is 40.2 Å². The van der Waals surface area contributed by atoms with Crippen LogP contribution in [-0.2, 0) is 14.8 Å². The highest BCUT2D eigenvalue weighted by Gasteiger charge is 2.10. The van der Waals surface area contributed by atoms with Gasteiger partial charge < -0.3 is 11.1 Å². The Morgan fingerprint density at radius 3 is 2.54 bits per heavy atom. The van der Waals surface area contributed by atoms with E-state index in [0.29, 0.717) is 13.0 Å². The summed E-state index contributed by atoms with van der Waals surface area (Å²) in [4.78, 5) is 10.7. The Bertz CT molecular complexity index is 250. The average molecular weight is 209 g/mol. The van der Waals surface area contributed by atoms with Crippen molar-refractivity contribution in [3.8, 4) is 0 Å². The molecular formula is C6H15N3O3S. The molecule has 0 aromatic carbocycles. The number of hydrogen-bond donors (Lipinski definition) is 3. The monoisotopic (exact) mass is 209 g/mol. The number of amides is 1. The Labute approximate surface area is 77.9 Å². The van der Waals surface area contributed by atoms with Crippen molar-refractivity contribution >= 4 is 15.9 Å². The van der Waals surface area contributed by atoms with Crippen LogP contribution in [0.15, 0.2) is 0 Å². The third-order valence-corrected chi connectivity index (χ3v) is 2.76. The molecule has 0 saturated heterocycles. The topological polar surface area (TPSA) is 101 Å². The summed E-state index contributed by atoms with van der Waals surface area (Å²) in [5.41, 5.74) is 5.15. The van der Waals surface area contributed by atoms with Crippen LogP contribution >= 0.6 is 0 Å². The minimum atomic E-state index is -3.34. The number of hydrogen-bond acceptors (Lipinski definition) is 4. The molecule has 0 radical (unpaired) electrons. The molecule has 0 unspecified atom stereocenters. The standard InChI is InChI=1S/C6H15N3O3S/c1-8-6(10)5-9-13(11,12)4-2-3-7/h9H,2-5,7H2,1H3,(H,8,10). The number of nitrogens with two attached hydrogens (primary N) is 1. The maximum absolute atomic E-state index is 11.1. The van der Waals surface area contributed by atoms with Crippen LogP contribution in [0.1, 0.15) is 6.42 Å². The van der Waals surface area contributed by atoms with Crippen LogP contribution in [0, 0.1) is 0 Å². The fourth-order valence-electron chi connectivity index (χ4n) is 0.609. The minimum Gasteiger partial charge on any atom is -0.358 e. The fraction of sp³-hybridized carbons (Fsp3) is 0.833. The second-order valence-corrected chi connectivity index (χ2v) is 4.38. The highest BCUT2D eigenvalue weighted by Crippen LogP contribution is 1.86. The first-order valence-corrected chi connectivity index (χ1v) is 5.55. The maximum Gasteiger partial charge on any atom is 0.234 e. The maximum atomic E-state index is 11.1. The highest BCUT2D eigenvalue weighted by atomic mass is 32.2. The van der Waals surface area contributed by atoms with Gasteiger partial charge in [0.25, 0.3) is 0 Å². The van der Waals surface area contributed by atoms with Crippen molar-refractivity contribution in [2.24, 2.45) is 5.73 Å². The molecule has 0 rings (SSSR count). The molecule has 0 bridgehead atoms. The van der Waals surface area contributed by atoms with Crippen LogP contribution in [0.5, 0.6) is 0 Å².